The van der Waals surface area contributed by atoms with Crippen molar-refractivity contribution in [3.8, 4) is 11.5 Å². The van der Waals surface area contributed by atoms with E-state index in [1.165, 1.54) is 16.9 Å². The molecule has 1 saturated heterocycles. The molecule has 1 fully saturated rings. The van der Waals surface area contributed by atoms with Gasteiger partial charge in [0, 0.05) is 32.2 Å². The van der Waals surface area contributed by atoms with Crippen molar-refractivity contribution in [2.24, 2.45) is 0 Å². The van der Waals surface area contributed by atoms with E-state index in [0.29, 0.717) is 18.0 Å². The molecule has 0 spiro atoms. The van der Waals surface area contributed by atoms with E-state index in [4.69, 9.17) is 15.2 Å². The van der Waals surface area contributed by atoms with Crippen LogP contribution in [0.4, 0.5) is 10.3 Å². The van der Waals surface area contributed by atoms with Crippen LogP contribution in [0.2, 0.25) is 0 Å². The zero-order chi connectivity index (χ0) is 15.8. The fourth-order valence-electron chi connectivity index (χ4n) is 3.04. The maximum atomic E-state index is 5.67. The summed E-state index contributed by atoms with van der Waals surface area (Å²) in [6.07, 6.45) is 0. The quantitative estimate of drug-likeness (QED) is 0.916. The van der Waals surface area contributed by atoms with Gasteiger partial charge in [-0.1, -0.05) is 17.4 Å². The lowest BCUT2D eigenvalue weighted by molar-refractivity contribution is 0.173. The number of hydrogen-bond acceptors (Lipinski definition) is 8. The molecule has 2 aliphatic rings. The third kappa shape index (κ3) is 2.79. The third-order valence-corrected chi connectivity index (χ3v) is 5.25. The lowest BCUT2D eigenvalue weighted by atomic mass is 10.1. The summed E-state index contributed by atoms with van der Waals surface area (Å²) in [7, 11) is 0. The molecular weight excluding hydrogens is 314 g/mol. The number of hydrogen-bond donors (Lipinski definition) is 1. The molecule has 122 valence electrons. The van der Waals surface area contributed by atoms with Gasteiger partial charge < -0.3 is 20.1 Å². The molecule has 1 aromatic carbocycles. The summed E-state index contributed by atoms with van der Waals surface area (Å²) in [4.78, 5) is 4.72. The van der Waals surface area contributed by atoms with Crippen molar-refractivity contribution >= 4 is 21.6 Å². The molecule has 0 aliphatic carbocycles. The molecule has 0 amide bonds. The van der Waals surface area contributed by atoms with Crippen LogP contribution in [-0.2, 0) is 0 Å². The average molecular weight is 333 g/mol. The first kappa shape index (κ1) is 14.5. The van der Waals surface area contributed by atoms with E-state index in [2.05, 4.69) is 39.1 Å². The Hall–Kier alpha value is -2.06. The number of nitrogen functional groups attached to an aromatic ring is 1. The van der Waals surface area contributed by atoms with E-state index in [-0.39, 0.29) is 0 Å². The van der Waals surface area contributed by atoms with Gasteiger partial charge in [-0.15, -0.1) is 10.2 Å². The molecule has 0 unspecified atom stereocenters. The molecule has 2 N–H and O–H groups in total. The van der Waals surface area contributed by atoms with Crippen LogP contribution in [0.3, 0.4) is 0 Å². The number of nitrogens with zero attached hydrogens (tertiary/aromatic N) is 4. The highest BCUT2D eigenvalue weighted by molar-refractivity contribution is 7.18. The van der Waals surface area contributed by atoms with Crippen molar-refractivity contribution in [1.29, 1.82) is 0 Å². The van der Waals surface area contributed by atoms with E-state index in [0.717, 1.165) is 42.8 Å². The Bertz CT molecular complexity index is 699. The van der Waals surface area contributed by atoms with Gasteiger partial charge in [0.05, 0.1) is 0 Å². The second-order valence-electron chi connectivity index (χ2n) is 5.73. The van der Waals surface area contributed by atoms with Crippen molar-refractivity contribution in [3.63, 3.8) is 0 Å². The SMILES string of the molecule is C[C@@H](c1ccc2c(c1)OCO2)N1CCN(c2nnc(N)s2)CC1. The number of anilines is 2. The number of ether oxygens (including phenoxy) is 2. The number of rotatable bonds is 3. The minimum atomic E-state index is 0.316. The summed E-state index contributed by atoms with van der Waals surface area (Å²) in [5.41, 5.74) is 6.92. The smallest absolute Gasteiger partial charge is 0.231 e. The molecular formula is C15H19N5O2S. The molecule has 1 aromatic heterocycles. The minimum Gasteiger partial charge on any atom is -0.454 e. The number of nitrogens with two attached hydrogens (primary N) is 1. The van der Waals surface area contributed by atoms with E-state index in [1.807, 2.05) is 6.07 Å². The zero-order valence-electron chi connectivity index (χ0n) is 12.9. The molecule has 3 heterocycles. The summed E-state index contributed by atoms with van der Waals surface area (Å²) >= 11 is 1.45. The average Bonchev–Trinajstić information content (AvgIpc) is 3.22. The van der Waals surface area contributed by atoms with Crippen molar-refractivity contribution in [3.05, 3.63) is 23.8 Å². The molecule has 4 rings (SSSR count). The van der Waals surface area contributed by atoms with Gasteiger partial charge in [0.1, 0.15) is 0 Å². The summed E-state index contributed by atoms with van der Waals surface area (Å²) in [6.45, 7) is 6.38. The Morgan fingerprint density at radius 1 is 1.13 bits per heavy atom. The van der Waals surface area contributed by atoms with Crippen LogP contribution in [0.25, 0.3) is 0 Å². The van der Waals surface area contributed by atoms with Crippen LogP contribution in [0, 0.1) is 0 Å². The third-order valence-electron chi connectivity index (χ3n) is 4.44. The Labute approximate surface area is 138 Å². The van der Waals surface area contributed by atoms with Crippen LogP contribution in [0.15, 0.2) is 18.2 Å². The van der Waals surface area contributed by atoms with Crippen LogP contribution >= 0.6 is 11.3 Å². The Morgan fingerprint density at radius 3 is 2.65 bits per heavy atom. The number of piperazine rings is 1. The zero-order valence-corrected chi connectivity index (χ0v) is 13.8. The normalized spacial score (nSPS) is 19.1. The summed E-state index contributed by atoms with van der Waals surface area (Å²) < 4.78 is 10.9. The number of benzene rings is 1. The highest BCUT2D eigenvalue weighted by Crippen LogP contribution is 2.35. The molecule has 8 heteroatoms. The molecule has 2 aliphatic heterocycles. The highest BCUT2D eigenvalue weighted by Gasteiger charge is 2.25. The van der Waals surface area contributed by atoms with Gasteiger partial charge in [0.25, 0.3) is 0 Å². The van der Waals surface area contributed by atoms with Crippen LogP contribution < -0.4 is 20.1 Å². The van der Waals surface area contributed by atoms with E-state index in [1.54, 1.807) is 0 Å². The lowest BCUT2D eigenvalue weighted by Gasteiger charge is -2.38. The first-order valence-corrected chi connectivity index (χ1v) is 8.50. The lowest BCUT2D eigenvalue weighted by Crippen LogP contribution is -2.47. The van der Waals surface area contributed by atoms with Gasteiger partial charge in [-0.05, 0) is 24.6 Å². The van der Waals surface area contributed by atoms with Crippen molar-refractivity contribution < 1.29 is 9.47 Å². The van der Waals surface area contributed by atoms with E-state index < -0.39 is 0 Å². The number of fused-ring (bicyclic) bond motifs is 1. The standard InChI is InChI=1S/C15H19N5O2S/c1-10(11-2-3-12-13(8-11)22-9-21-12)19-4-6-20(7-5-19)15-18-17-14(16)23-15/h2-3,8,10H,4-7,9H2,1H3,(H2,16,17)/t10-/m0/s1. The topological polar surface area (TPSA) is 76.7 Å². The van der Waals surface area contributed by atoms with Crippen LogP contribution in [0.5, 0.6) is 11.5 Å². The molecule has 7 nitrogen and oxygen atoms in total. The largest absolute Gasteiger partial charge is 0.454 e. The van der Waals surface area contributed by atoms with Crippen molar-refractivity contribution in [1.82, 2.24) is 15.1 Å². The maximum absolute atomic E-state index is 5.67. The van der Waals surface area contributed by atoms with Gasteiger partial charge in [-0.3, -0.25) is 4.90 Å². The number of aromatic nitrogens is 2. The monoisotopic (exact) mass is 333 g/mol. The molecule has 0 saturated carbocycles. The first-order valence-electron chi connectivity index (χ1n) is 7.68. The summed E-state index contributed by atoms with van der Waals surface area (Å²) in [5, 5.41) is 9.46. The van der Waals surface area contributed by atoms with Crippen molar-refractivity contribution in [2.75, 3.05) is 43.6 Å². The molecule has 0 bridgehead atoms. The van der Waals surface area contributed by atoms with Crippen LogP contribution in [-0.4, -0.2) is 48.1 Å². The molecule has 23 heavy (non-hydrogen) atoms. The van der Waals surface area contributed by atoms with Gasteiger partial charge in [0.2, 0.25) is 17.1 Å². The Morgan fingerprint density at radius 2 is 1.91 bits per heavy atom. The van der Waals surface area contributed by atoms with Gasteiger partial charge in [0.15, 0.2) is 11.5 Å². The fourth-order valence-corrected chi connectivity index (χ4v) is 3.70. The molecule has 2 aromatic rings. The van der Waals surface area contributed by atoms with Gasteiger partial charge in [-0.2, -0.15) is 0 Å². The molecule has 0 radical (unpaired) electrons. The van der Waals surface area contributed by atoms with E-state index >= 15 is 0 Å². The van der Waals surface area contributed by atoms with E-state index in [9.17, 15) is 0 Å². The second kappa shape index (κ2) is 5.86. The van der Waals surface area contributed by atoms with Crippen LogP contribution in [0.1, 0.15) is 18.5 Å². The minimum absolute atomic E-state index is 0.316. The maximum Gasteiger partial charge on any atom is 0.231 e. The second-order valence-corrected chi connectivity index (χ2v) is 6.72. The Kier molecular flexibility index (Phi) is 3.70. The van der Waals surface area contributed by atoms with Gasteiger partial charge >= 0.3 is 0 Å². The summed E-state index contributed by atoms with van der Waals surface area (Å²) in [5.74, 6) is 1.68. The predicted molar refractivity (Wildman–Crippen MR) is 89.1 cm³/mol. The molecule has 1 atom stereocenters. The predicted octanol–water partition coefficient (Wildman–Crippen LogP) is 1.73. The highest BCUT2D eigenvalue weighted by atomic mass is 32.1. The van der Waals surface area contributed by atoms with Crippen molar-refractivity contribution in [2.45, 2.75) is 13.0 Å². The van der Waals surface area contributed by atoms with Gasteiger partial charge in [-0.25, -0.2) is 0 Å². The first-order chi connectivity index (χ1) is 11.2. The fraction of sp³-hybridized carbons (Fsp3) is 0.467. The summed E-state index contributed by atoms with van der Waals surface area (Å²) in [6, 6.07) is 6.54. The Balaban J connectivity index is 1.41.